The summed E-state index contributed by atoms with van der Waals surface area (Å²) in [7, 11) is 0. The number of rotatable bonds is 7. The number of nitrogens with zero attached hydrogens (tertiary/aromatic N) is 3. The van der Waals surface area contributed by atoms with Crippen LogP contribution in [0.5, 0.6) is 0 Å². The summed E-state index contributed by atoms with van der Waals surface area (Å²) < 4.78 is 31.5. The maximum atomic E-state index is 13.1. The Labute approximate surface area is 197 Å². The van der Waals surface area contributed by atoms with Crippen molar-refractivity contribution in [2.45, 2.75) is 95.4 Å². The molecule has 0 aliphatic heterocycles. The van der Waals surface area contributed by atoms with Gasteiger partial charge in [0, 0.05) is 48.8 Å². The van der Waals surface area contributed by atoms with Crippen molar-refractivity contribution in [1.82, 2.24) is 30.8 Å². The van der Waals surface area contributed by atoms with Crippen LogP contribution >= 0.6 is 0 Å². The van der Waals surface area contributed by atoms with Gasteiger partial charge >= 0.3 is 6.09 Å². The van der Waals surface area contributed by atoms with Gasteiger partial charge in [-0.15, -0.1) is 0 Å². The first kappa shape index (κ1) is 24.3. The van der Waals surface area contributed by atoms with Crippen molar-refractivity contribution in [2.24, 2.45) is 0 Å². The molecule has 4 N–H and O–H groups in total. The Kier molecular flexibility index (Phi) is 7.01. The Morgan fingerprint density at radius 3 is 2.56 bits per heavy atom. The highest BCUT2D eigenvalue weighted by molar-refractivity contribution is 5.68. The molecule has 4 rings (SSSR count). The first-order chi connectivity index (χ1) is 16.0. The SMILES string of the molecule is CC(C)(C)OC(=O)NC1CCC(NCc2nccc(Nc3cc(C4CC(F)(F)C4)[nH]n3)n2)CC1. The lowest BCUT2D eigenvalue weighted by Crippen LogP contribution is -2.43. The third-order valence-electron chi connectivity index (χ3n) is 6.09. The molecule has 1 amide bonds. The molecule has 2 aliphatic carbocycles. The maximum Gasteiger partial charge on any atom is 0.407 e. The predicted molar refractivity (Wildman–Crippen MR) is 123 cm³/mol. The van der Waals surface area contributed by atoms with Crippen LogP contribution in [0.4, 0.5) is 25.2 Å². The zero-order chi connectivity index (χ0) is 24.3. The van der Waals surface area contributed by atoms with Gasteiger partial charge in [-0.1, -0.05) is 0 Å². The molecular formula is C23H33F2N7O2. The van der Waals surface area contributed by atoms with Crippen molar-refractivity contribution >= 4 is 17.7 Å². The lowest BCUT2D eigenvalue weighted by atomic mass is 9.79. The summed E-state index contributed by atoms with van der Waals surface area (Å²) in [6.45, 7) is 6.08. The first-order valence-electron chi connectivity index (χ1n) is 11.8. The Bertz CT molecular complexity index is 976. The molecule has 186 valence electrons. The maximum absolute atomic E-state index is 13.1. The van der Waals surface area contributed by atoms with E-state index in [1.807, 2.05) is 20.8 Å². The molecule has 9 nitrogen and oxygen atoms in total. The Morgan fingerprint density at radius 1 is 1.18 bits per heavy atom. The summed E-state index contributed by atoms with van der Waals surface area (Å²) in [5.41, 5.74) is 0.209. The van der Waals surface area contributed by atoms with Crippen LogP contribution < -0.4 is 16.0 Å². The highest BCUT2D eigenvalue weighted by Crippen LogP contribution is 2.48. The molecule has 2 aliphatic rings. The summed E-state index contributed by atoms with van der Waals surface area (Å²) >= 11 is 0. The molecule has 0 atom stereocenters. The zero-order valence-corrected chi connectivity index (χ0v) is 19.8. The van der Waals surface area contributed by atoms with E-state index in [9.17, 15) is 13.6 Å². The number of hydrogen-bond acceptors (Lipinski definition) is 7. The second kappa shape index (κ2) is 9.81. The molecule has 2 fully saturated rings. The van der Waals surface area contributed by atoms with E-state index in [2.05, 4.69) is 36.1 Å². The first-order valence-corrected chi connectivity index (χ1v) is 11.8. The summed E-state index contributed by atoms with van der Waals surface area (Å²) in [4.78, 5) is 20.8. The minimum atomic E-state index is -2.56. The van der Waals surface area contributed by atoms with Crippen molar-refractivity contribution in [3.05, 3.63) is 29.8 Å². The summed E-state index contributed by atoms with van der Waals surface area (Å²) in [5.74, 6) is -0.968. The number of ether oxygens (including phenoxy) is 1. The van der Waals surface area contributed by atoms with Crippen LogP contribution in [-0.4, -0.2) is 49.9 Å². The topological polar surface area (TPSA) is 117 Å². The van der Waals surface area contributed by atoms with Gasteiger partial charge in [-0.05, 0) is 52.5 Å². The number of halogens is 2. The van der Waals surface area contributed by atoms with Crippen LogP contribution in [0.25, 0.3) is 0 Å². The standard InChI is InChI=1S/C23H33F2N7O2/c1-22(2,3)34-21(33)28-16-6-4-15(5-7-16)27-13-20-26-9-8-18(30-20)29-19-10-17(31-32-19)14-11-23(24,25)12-14/h8-10,14-16,27H,4-7,11-13H2,1-3H3,(H,28,33)(H2,26,29,30,31,32). The van der Waals surface area contributed by atoms with Gasteiger partial charge < -0.3 is 20.7 Å². The van der Waals surface area contributed by atoms with E-state index in [4.69, 9.17) is 4.74 Å². The number of anilines is 2. The molecule has 0 aromatic carbocycles. The predicted octanol–water partition coefficient (Wildman–Crippen LogP) is 4.38. The number of carbonyl (C=O) groups excluding carboxylic acids is 1. The Morgan fingerprint density at radius 2 is 1.88 bits per heavy atom. The molecule has 11 heteroatoms. The smallest absolute Gasteiger partial charge is 0.407 e. The van der Waals surface area contributed by atoms with E-state index in [0.717, 1.165) is 25.7 Å². The van der Waals surface area contributed by atoms with Gasteiger partial charge in [-0.2, -0.15) is 5.10 Å². The van der Waals surface area contributed by atoms with Crippen molar-refractivity contribution < 1.29 is 18.3 Å². The second-order valence-electron chi connectivity index (χ2n) is 10.2. The fourth-order valence-corrected chi connectivity index (χ4v) is 4.33. The van der Waals surface area contributed by atoms with Crippen LogP contribution in [0.3, 0.4) is 0 Å². The number of carbonyl (C=O) groups is 1. The molecule has 0 radical (unpaired) electrons. The van der Waals surface area contributed by atoms with Crippen molar-refractivity contribution in [3.63, 3.8) is 0 Å². The van der Waals surface area contributed by atoms with E-state index in [1.165, 1.54) is 0 Å². The molecule has 0 unspecified atom stereocenters. The average molecular weight is 478 g/mol. The van der Waals surface area contributed by atoms with Crippen molar-refractivity contribution in [3.8, 4) is 0 Å². The van der Waals surface area contributed by atoms with Gasteiger partial charge in [0.1, 0.15) is 17.2 Å². The number of H-pyrrole nitrogens is 1. The molecule has 2 aromatic heterocycles. The van der Waals surface area contributed by atoms with Gasteiger partial charge in [0.25, 0.3) is 0 Å². The van der Waals surface area contributed by atoms with Gasteiger partial charge in [-0.3, -0.25) is 5.10 Å². The number of aromatic amines is 1. The minimum absolute atomic E-state index is 0.126. The summed E-state index contributed by atoms with van der Waals surface area (Å²) in [6, 6.07) is 3.94. The average Bonchev–Trinajstić information content (AvgIpc) is 3.18. The van der Waals surface area contributed by atoms with Gasteiger partial charge in [0.2, 0.25) is 5.92 Å². The number of nitrogens with one attached hydrogen (secondary N) is 4. The van der Waals surface area contributed by atoms with Gasteiger partial charge in [0.15, 0.2) is 5.82 Å². The van der Waals surface area contributed by atoms with E-state index >= 15 is 0 Å². The molecule has 2 heterocycles. The van der Waals surface area contributed by atoms with Crippen LogP contribution in [-0.2, 0) is 11.3 Å². The fourth-order valence-electron chi connectivity index (χ4n) is 4.33. The van der Waals surface area contributed by atoms with E-state index < -0.39 is 11.5 Å². The van der Waals surface area contributed by atoms with Crippen LogP contribution in [0, 0.1) is 0 Å². The quantitative estimate of drug-likeness (QED) is 0.467. The van der Waals surface area contributed by atoms with E-state index in [1.54, 1.807) is 18.3 Å². The molecule has 2 aromatic rings. The highest BCUT2D eigenvalue weighted by atomic mass is 19.3. The number of amides is 1. The summed E-state index contributed by atoms with van der Waals surface area (Å²) in [6.07, 6.45) is 4.67. The molecule has 34 heavy (non-hydrogen) atoms. The lowest BCUT2D eigenvalue weighted by Gasteiger charge is -2.33. The number of hydrogen-bond donors (Lipinski definition) is 4. The number of aromatic nitrogens is 4. The van der Waals surface area contributed by atoms with Gasteiger partial charge in [-0.25, -0.2) is 23.5 Å². The monoisotopic (exact) mass is 477 g/mol. The number of alkyl carbamates (subject to hydrolysis) is 1. The molecule has 2 saturated carbocycles. The zero-order valence-electron chi connectivity index (χ0n) is 19.8. The highest BCUT2D eigenvalue weighted by Gasteiger charge is 2.46. The van der Waals surface area contributed by atoms with Crippen LogP contribution in [0.1, 0.15) is 76.7 Å². The molecule has 0 bridgehead atoms. The fraction of sp³-hybridized carbons (Fsp3) is 0.652. The van der Waals surface area contributed by atoms with E-state index in [-0.39, 0.29) is 30.9 Å². The van der Waals surface area contributed by atoms with Gasteiger partial charge in [0.05, 0.1) is 6.54 Å². The largest absolute Gasteiger partial charge is 0.444 e. The third-order valence-corrected chi connectivity index (χ3v) is 6.09. The van der Waals surface area contributed by atoms with Crippen LogP contribution in [0.15, 0.2) is 18.3 Å². The number of alkyl halides is 2. The van der Waals surface area contributed by atoms with Crippen LogP contribution in [0.2, 0.25) is 0 Å². The van der Waals surface area contributed by atoms with Crippen molar-refractivity contribution in [2.75, 3.05) is 5.32 Å². The normalized spacial score (nSPS) is 22.6. The minimum Gasteiger partial charge on any atom is -0.444 e. The second-order valence-corrected chi connectivity index (χ2v) is 10.2. The third kappa shape index (κ3) is 6.85. The van der Waals surface area contributed by atoms with Crippen molar-refractivity contribution in [1.29, 1.82) is 0 Å². The molecule has 0 spiro atoms. The Balaban J connectivity index is 1.20. The molecular weight excluding hydrogens is 444 g/mol. The lowest BCUT2D eigenvalue weighted by molar-refractivity contribution is -0.0876. The molecule has 0 saturated heterocycles. The Hall–Kier alpha value is -2.82. The van der Waals surface area contributed by atoms with E-state index in [0.29, 0.717) is 35.7 Å². The summed E-state index contributed by atoms with van der Waals surface area (Å²) in [5, 5.41) is 16.6.